The molecule has 2 saturated carbocycles. The van der Waals surface area contributed by atoms with Gasteiger partial charge in [-0.15, -0.1) is 0 Å². The van der Waals surface area contributed by atoms with Crippen LogP contribution in [0.15, 0.2) is 67.0 Å². The number of ether oxygens (including phenoxy) is 2. The molecule has 1 aromatic heterocycles. The van der Waals surface area contributed by atoms with E-state index in [0.717, 1.165) is 12.0 Å². The van der Waals surface area contributed by atoms with Gasteiger partial charge in [-0.2, -0.15) is 0 Å². The first kappa shape index (κ1) is 30.4. The van der Waals surface area contributed by atoms with Crippen LogP contribution in [-0.4, -0.2) is 54.4 Å². The zero-order valence-electron chi connectivity index (χ0n) is 24.2. The number of hydrogen-bond acceptors (Lipinski definition) is 8. The standard InChI is InChI=1S/C31H36N4O7S/c1-30(2)23-12-13-31(30,26(36)17-23)20-43(39,40)35-25(28(38)42-18-22-6-4-3-5-7-22)16-21-8-10-24(11-9-21)41-19-27(37)34-29-32-14-15-33-29/h3-11,14-15,23,25,35H,12-13,16-20H2,1-2H3,(H2,32,33,34,37)/t23?,25?,31-/m0/s1. The molecule has 12 heteroatoms. The molecule has 0 spiro atoms. The van der Waals surface area contributed by atoms with Crippen LogP contribution >= 0.6 is 0 Å². The van der Waals surface area contributed by atoms with Crippen molar-refractivity contribution >= 4 is 33.6 Å². The summed E-state index contributed by atoms with van der Waals surface area (Å²) in [5.74, 6) is -0.608. The first-order valence-electron chi connectivity index (χ1n) is 14.2. The van der Waals surface area contributed by atoms with Gasteiger partial charge in [0.1, 0.15) is 24.2 Å². The summed E-state index contributed by atoms with van der Waals surface area (Å²) in [6.07, 6.45) is 4.84. The Labute approximate surface area is 250 Å². The number of nitrogens with zero attached hydrogens (tertiary/aromatic N) is 1. The number of ketones is 1. The van der Waals surface area contributed by atoms with Crippen LogP contribution in [0.25, 0.3) is 0 Å². The van der Waals surface area contributed by atoms with Crippen LogP contribution in [0, 0.1) is 16.7 Å². The molecule has 2 fully saturated rings. The third-order valence-corrected chi connectivity index (χ3v) is 10.4. The topological polar surface area (TPSA) is 157 Å². The van der Waals surface area contributed by atoms with Crippen molar-refractivity contribution in [1.82, 2.24) is 14.7 Å². The average molecular weight is 609 g/mol. The van der Waals surface area contributed by atoms with Gasteiger partial charge in [-0.3, -0.25) is 19.7 Å². The van der Waals surface area contributed by atoms with E-state index < -0.39 is 38.8 Å². The molecule has 11 nitrogen and oxygen atoms in total. The number of anilines is 1. The summed E-state index contributed by atoms with van der Waals surface area (Å²) < 4.78 is 40.8. The van der Waals surface area contributed by atoms with Gasteiger partial charge in [-0.1, -0.05) is 56.3 Å². The average Bonchev–Trinajstić information content (AvgIpc) is 3.62. The first-order valence-corrected chi connectivity index (χ1v) is 15.9. The highest BCUT2D eigenvalue weighted by atomic mass is 32.2. The lowest BCUT2D eigenvalue weighted by Gasteiger charge is -2.36. The number of esters is 1. The summed E-state index contributed by atoms with van der Waals surface area (Å²) >= 11 is 0. The highest BCUT2D eigenvalue weighted by molar-refractivity contribution is 7.89. The van der Waals surface area contributed by atoms with Gasteiger partial charge in [0.2, 0.25) is 16.0 Å². The van der Waals surface area contributed by atoms with Crippen LogP contribution in [-0.2, 0) is 42.2 Å². The summed E-state index contributed by atoms with van der Waals surface area (Å²) in [6, 6.07) is 14.5. The number of sulfonamides is 1. The number of hydrogen-bond donors (Lipinski definition) is 3. The SMILES string of the molecule is CC1(C)C2CC[C@]1(CS(=O)(=O)NC(Cc1ccc(OCC(=O)Nc3ncc[nH]3)cc1)C(=O)OCc1ccccc1)C(=O)C2. The molecule has 3 N–H and O–H groups in total. The van der Waals surface area contributed by atoms with Gasteiger partial charge < -0.3 is 14.5 Å². The van der Waals surface area contributed by atoms with Crippen molar-refractivity contribution in [3.63, 3.8) is 0 Å². The van der Waals surface area contributed by atoms with E-state index in [0.29, 0.717) is 30.1 Å². The van der Waals surface area contributed by atoms with Crippen LogP contribution in [0.1, 0.15) is 44.2 Å². The van der Waals surface area contributed by atoms with E-state index in [1.807, 2.05) is 44.2 Å². The first-order chi connectivity index (χ1) is 20.5. The Bertz CT molecular complexity index is 1560. The predicted molar refractivity (Wildman–Crippen MR) is 158 cm³/mol. The number of aromatic nitrogens is 2. The van der Waals surface area contributed by atoms with Crippen LogP contribution in [0.4, 0.5) is 5.95 Å². The molecule has 5 rings (SSSR count). The van der Waals surface area contributed by atoms with Gasteiger partial charge in [0.05, 0.1) is 5.75 Å². The Morgan fingerprint density at radius 3 is 2.47 bits per heavy atom. The second-order valence-corrected chi connectivity index (χ2v) is 13.6. The number of H-pyrrole nitrogens is 1. The Morgan fingerprint density at radius 2 is 1.84 bits per heavy atom. The summed E-state index contributed by atoms with van der Waals surface area (Å²) in [5, 5.41) is 2.56. The molecule has 228 valence electrons. The second-order valence-electron chi connectivity index (χ2n) is 11.8. The summed E-state index contributed by atoms with van der Waals surface area (Å²) in [7, 11) is -4.06. The lowest BCUT2D eigenvalue weighted by molar-refractivity contribution is -0.147. The molecule has 2 aromatic carbocycles. The molecule has 2 bridgehead atoms. The minimum atomic E-state index is -4.06. The van der Waals surface area contributed by atoms with Gasteiger partial charge in [-0.05, 0) is 53.9 Å². The molecular weight excluding hydrogens is 572 g/mol. The number of carbonyl (C=O) groups excluding carboxylic acids is 3. The molecule has 2 aliphatic rings. The van der Waals surface area contributed by atoms with E-state index in [1.54, 1.807) is 30.5 Å². The molecule has 1 amide bonds. The van der Waals surface area contributed by atoms with E-state index in [-0.39, 0.29) is 37.1 Å². The zero-order valence-corrected chi connectivity index (χ0v) is 25.0. The summed E-state index contributed by atoms with van der Waals surface area (Å²) in [5.41, 5.74) is 0.00851. The number of benzene rings is 2. The number of carbonyl (C=O) groups is 3. The maximum Gasteiger partial charge on any atom is 0.324 e. The maximum absolute atomic E-state index is 13.6. The number of Topliss-reactive ketones (excluding diaryl/α,β-unsaturated/α-hetero) is 1. The third kappa shape index (κ3) is 6.80. The van der Waals surface area contributed by atoms with Crippen molar-refractivity contribution in [1.29, 1.82) is 0 Å². The van der Waals surface area contributed by atoms with Crippen molar-refractivity contribution in [2.24, 2.45) is 16.7 Å². The van der Waals surface area contributed by atoms with E-state index >= 15 is 0 Å². The highest BCUT2D eigenvalue weighted by Crippen LogP contribution is 2.64. The number of nitrogens with one attached hydrogen (secondary N) is 3. The second kappa shape index (κ2) is 12.3. The van der Waals surface area contributed by atoms with E-state index in [2.05, 4.69) is 20.0 Å². The number of fused-ring (bicyclic) bond motifs is 2. The fraction of sp³-hybridized carbons (Fsp3) is 0.419. The summed E-state index contributed by atoms with van der Waals surface area (Å²) in [4.78, 5) is 45.0. The Kier molecular flexibility index (Phi) is 8.70. The van der Waals surface area contributed by atoms with E-state index in [9.17, 15) is 22.8 Å². The fourth-order valence-electron chi connectivity index (χ4n) is 6.30. The normalized spacial score (nSPS) is 21.3. The largest absolute Gasteiger partial charge is 0.484 e. The fourth-order valence-corrected chi connectivity index (χ4v) is 8.32. The Balaban J connectivity index is 1.26. The Hall–Kier alpha value is -4.03. The minimum absolute atomic E-state index is 0.0120. The molecule has 0 radical (unpaired) electrons. The van der Waals surface area contributed by atoms with Crippen LogP contribution in [0.3, 0.4) is 0 Å². The zero-order chi connectivity index (χ0) is 30.7. The lowest BCUT2D eigenvalue weighted by Crippen LogP contribution is -2.50. The molecule has 1 heterocycles. The lowest BCUT2D eigenvalue weighted by atomic mass is 9.70. The van der Waals surface area contributed by atoms with E-state index in [4.69, 9.17) is 9.47 Å². The molecule has 3 aromatic rings. The molecule has 0 saturated heterocycles. The predicted octanol–water partition coefficient (Wildman–Crippen LogP) is 3.40. The molecule has 2 unspecified atom stereocenters. The number of amides is 1. The smallest absolute Gasteiger partial charge is 0.324 e. The number of rotatable bonds is 13. The molecule has 43 heavy (non-hydrogen) atoms. The molecule has 0 aliphatic heterocycles. The van der Waals surface area contributed by atoms with Crippen LogP contribution in [0.5, 0.6) is 5.75 Å². The number of aromatic amines is 1. The molecule has 3 atom stereocenters. The van der Waals surface area contributed by atoms with Gasteiger partial charge in [0.15, 0.2) is 6.61 Å². The van der Waals surface area contributed by atoms with Gasteiger partial charge in [0.25, 0.3) is 5.91 Å². The van der Waals surface area contributed by atoms with Crippen molar-refractivity contribution in [2.45, 2.75) is 52.2 Å². The minimum Gasteiger partial charge on any atom is -0.484 e. The van der Waals surface area contributed by atoms with Gasteiger partial charge in [0, 0.05) is 24.2 Å². The van der Waals surface area contributed by atoms with Crippen molar-refractivity contribution in [3.8, 4) is 5.75 Å². The third-order valence-electron chi connectivity index (χ3n) is 8.89. The van der Waals surface area contributed by atoms with Crippen LogP contribution < -0.4 is 14.8 Å². The summed E-state index contributed by atoms with van der Waals surface area (Å²) in [6.45, 7) is 3.69. The quantitative estimate of drug-likeness (QED) is 0.249. The van der Waals surface area contributed by atoms with Gasteiger partial charge in [-0.25, -0.2) is 18.1 Å². The van der Waals surface area contributed by atoms with Gasteiger partial charge >= 0.3 is 5.97 Å². The monoisotopic (exact) mass is 608 g/mol. The number of imidazole rings is 1. The Morgan fingerprint density at radius 1 is 1.09 bits per heavy atom. The van der Waals surface area contributed by atoms with Crippen LogP contribution in [0.2, 0.25) is 0 Å². The van der Waals surface area contributed by atoms with Crippen molar-refractivity contribution in [3.05, 3.63) is 78.1 Å². The van der Waals surface area contributed by atoms with E-state index in [1.165, 1.54) is 6.20 Å². The maximum atomic E-state index is 13.6. The van der Waals surface area contributed by atoms with Crippen molar-refractivity contribution < 1.29 is 32.3 Å². The highest BCUT2D eigenvalue weighted by Gasteiger charge is 2.65. The molecular formula is C31H36N4O7S. The van der Waals surface area contributed by atoms with Crippen molar-refractivity contribution in [2.75, 3.05) is 17.7 Å². The molecule has 2 aliphatic carbocycles.